The van der Waals surface area contributed by atoms with Crippen molar-refractivity contribution in [3.05, 3.63) is 48.0 Å². The summed E-state index contributed by atoms with van der Waals surface area (Å²) in [7, 11) is 0. The monoisotopic (exact) mass is 267 g/mol. The van der Waals surface area contributed by atoms with Gasteiger partial charge in [-0.15, -0.1) is 0 Å². The maximum absolute atomic E-state index is 12.5. The minimum absolute atomic E-state index is 0.0703. The van der Waals surface area contributed by atoms with Gasteiger partial charge in [0.05, 0.1) is 0 Å². The highest BCUT2D eigenvalue weighted by atomic mass is 16.1. The normalized spacial score (nSPS) is 22.6. The fraction of sp³-hybridized carbons (Fsp3) is 0.389. The van der Waals surface area contributed by atoms with Gasteiger partial charge in [-0.05, 0) is 35.6 Å². The lowest BCUT2D eigenvalue weighted by atomic mass is 9.87. The summed E-state index contributed by atoms with van der Waals surface area (Å²) in [5, 5.41) is 5.38. The molecule has 0 unspecified atom stereocenters. The van der Waals surface area contributed by atoms with Crippen LogP contribution >= 0.6 is 0 Å². The first-order chi connectivity index (χ1) is 9.74. The van der Waals surface area contributed by atoms with Crippen molar-refractivity contribution in [2.75, 3.05) is 0 Å². The van der Waals surface area contributed by atoms with Crippen molar-refractivity contribution in [1.82, 2.24) is 5.32 Å². The Morgan fingerprint density at radius 1 is 1.10 bits per heavy atom. The number of benzene rings is 2. The summed E-state index contributed by atoms with van der Waals surface area (Å²) in [6.45, 7) is 2.27. The molecule has 1 aliphatic rings. The van der Waals surface area contributed by atoms with Crippen molar-refractivity contribution in [3.63, 3.8) is 0 Å². The molecule has 2 atom stereocenters. The number of hydrogen-bond acceptors (Lipinski definition) is 1. The van der Waals surface area contributed by atoms with Crippen molar-refractivity contribution in [3.8, 4) is 0 Å². The van der Waals surface area contributed by atoms with Crippen LogP contribution in [-0.2, 0) is 0 Å². The van der Waals surface area contributed by atoms with Crippen LogP contribution in [0.2, 0.25) is 0 Å². The molecule has 0 heterocycles. The predicted molar refractivity (Wildman–Crippen MR) is 82.8 cm³/mol. The standard InChI is InChI=1S/C18H21NO/c1-13-6-4-9-15(12-13)19-18(20)17-11-5-8-14-7-2-3-10-16(14)17/h2-3,5,7-8,10-11,13,15H,4,6,9,12H2,1H3,(H,19,20)/t13-,15+/m1/s1. The van der Waals surface area contributed by atoms with Crippen LogP contribution < -0.4 is 5.32 Å². The molecule has 0 aromatic heterocycles. The molecule has 0 spiro atoms. The summed E-state index contributed by atoms with van der Waals surface area (Å²) in [6.07, 6.45) is 4.74. The Labute approximate surface area is 120 Å². The van der Waals surface area contributed by atoms with Crippen LogP contribution in [-0.4, -0.2) is 11.9 Å². The minimum Gasteiger partial charge on any atom is -0.349 e. The molecule has 1 fully saturated rings. The molecular formula is C18H21NO. The molecule has 0 saturated heterocycles. The van der Waals surface area contributed by atoms with Crippen LogP contribution in [0.5, 0.6) is 0 Å². The van der Waals surface area contributed by atoms with Crippen LogP contribution in [0.3, 0.4) is 0 Å². The number of nitrogens with one attached hydrogen (secondary N) is 1. The van der Waals surface area contributed by atoms with Crippen molar-refractivity contribution in [1.29, 1.82) is 0 Å². The number of carbonyl (C=O) groups is 1. The molecule has 1 aliphatic carbocycles. The van der Waals surface area contributed by atoms with Gasteiger partial charge in [0.2, 0.25) is 0 Å². The largest absolute Gasteiger partial charge is 0.349 e. The van der Waals surface area contributed by atoms with Gasteiger partial charge in [-0.2, -0.15) is 0 Å². The predicted octanol–water partition coefficient (Wildman–Crippen LogP) is 4.15. The SMILES string of the molecule is C[C@@H]1CCC[C@H](NC(=O)c2cccc3ccccc23)C1. The molecule has 2 aromatic carbocycles. The van der Waals surface area contributed by atoms with E-state index < -0.39 is 0 Å². The Kier molecular flexibility index (Phi) is 3.72. The third kappa shape index (κ3) is 2.69. The summed E-state index contributed by atoms with van der Waals surface area (Å²) in [4.78, 5) is 12.5. The third-order valence-electron chi connectivity index (χ3n) is 4.31. The Bertz CT molecular complexity index is 614. The number of amides is 1. The van der Waals surface area contributed by atoms with E-state index in [4.69, 9.17) is 0 Å². The van der Waals surface area contributed by atoms with Crippen LogP contribution in [0.4, 0.5) is 0 Å². The van der Waals surface area contributed by atoms with Crippen LogP contribution in [0, 0.1) is 5.92 Å². The molecule has 0 aliphatic heterocycles. The molecule has 1 amide bonds. The second-order valence-corrected chi connectivity index (χ2v) is 5.97. The van der Waals surface area contributed by atoms with Crippen LogP contribution in [0.1, 0.15) is 43.0 Å². The van der Waals surface area contributed by atoms with Gasteiger partial charge in [-0.3, -0.25) is 4.79 Å². The molecule has 20 heavy (non-hydrogen) atoms. The maximum Gasteiger partial charge on any atom is 0.252 e. The quantitative estimate of drug-likeness (QED) is 0.870. The van der Waals surface area contributed by atoms with Gasteiger partial charge >= 0.3 is 0 Å². The summed E-state index contributed by atoms with van der Waals surface area (Å²) < 4.78 is 0. The van der Waals surface area contributed by atoms with E-state index in [2.05, 4.69) is 24.4 Å². The van der Waals surface area contributed by atoms with E-state index in [0.717, 1.165) is 35.1 Å². The van der Waals surface area contributed by atoms with E-state index in [9.17, 15) is 4.79 Å². The highest BCUT2D eigenvalue weighted by Gasteiger charge is 2.21. The first-order valence-electron chi connectivity index (χ1n) is 7.52. The Balaban J connectivity index is 1.82. The molecule has 2 heteroatoms. The van der Waals surface area contributed by atoms with E-state index in [1.165, 1.54) is 12.8 Å². The van der Waals surface area contributed by atoms with Gasteiger partial charge in [0.25, 0.3) is 5.91 Å². The Morgan fingerprint density at radius 2 is 1.90 bits per heavy atom. The molecule has 3 rings (SSSR count). The Morgan fingerprint density at radius 3 is 2.75 bits per heavy atom. The maximum atomic E-state index is 12.5. The van der Waals surface area contributed by atoms with E-state index in [-0.39, 0.29) is 5.91 Å². The van der Waals surface area contributed by atoms with Crippen molar-refractivity contribution in [2.45, 2.75) is 38.6 Å². The first kappa shape index (κ1) is 13.2. The second kappa shape index (κ2) is 5.66. The van der Waals surface area contributed by atoms with Crippen molar-refractivity contribution in [2.24, 2.45) is 5.92 Å². The number of carbonyl (C=O) groups excluding carboxylic acids is 1. The zero-order valence-electron chi connectivity index (χ0n) is 11.9. The van der Waals surface area contributed by atoms with Gasteiger partial charge in [0, 0.05) is 11.6 Å². The van der Waals surface area contributed by atoms with Crippen molar-refractivity contribution < 1.29 is 4.79 Å². The highest BCUT2D eigenvalue weighted by Crippen LogP contribution is 2.24. The van der Waals surface area contributed by atoms with Gasteiger partial charge in [-0.1, -0.05) is 56.2 Å². The molecule has 0 radical (unpaired) electrons. The lowest BCUT2D eigenvalue weighted by Gasteiger charge is -2.27. The molecule has 1 N–H and O–H groups in total. The van der Waals surface area contributed by atoms with Crippen molar-refractivity contribution >= 4 is 16.7 Å². The molecule has 104 valence electrons. The first-order valence-corrected chi connectivity index (χ1v) is 7.52. The average molecular weight is 267 g/mol. The zero-order valence-corrected chi connectivity index (χ0v) is 11.9. The van der Waals surface area contributed by atoms with E-state index in [1.54, 1.807) is 0 Å². The summed E-state index contributed by atoms with van der Waals surface area (Å²) in [5.41, 5.74) is 0.793. The van der Waals surface area contributed by atoms with E-state index in [1.807, 2.05) is 30.3 Å². The minimum atomic E-state index is 0.0703. The smallest absolute Gasteiger partial charge is 0.252 e. The molecule has 1 saturated carbocycles. The lowest BCUT2D eigenvalue weighted by Crippen LogP contribution is -2.38. The third-order valence-corrected chi connectivity index (χ3v) is 4.31. The van der Waals surface area contributed by atoms with Gasteiger partial charge in [-0.25, -0.2) is 0 Å². The second-order valence-electron chi connectivity index (χ2n) is 5.97. The molecule has 0 bridgehead atoms. The lowest BCUT2D eigenvalue weighted by molar-refractivity contribution is 0.0923. The fourth-order valence-electron chi connectivity index (χ4n) is 3.25. The van der Waals surface area contributed by atoms with E-state index >= 15 is 0 Å². The summed E-state index contributed by atoms with van der Waals surface area (Å²) >= 11 is 0. The Hall–Kier alpha value is -1.83. The fourth-order valence-corrected chi connectivity index (χ4v) is 3.25. The topological polar surface area (TPSA) is 29.1 Å². The van der Waals surface area contributed by atoms with Crippen LogP contribution in [0.25, 0.3) is 10.8 Å². The van der Waals surface area contributed by atoms with Gasteiger partial charge in [0.15, 0.2) is 0 Å². The number of fused-ring (bicyclic) bond motifs is 1. The van der Waals surface area contributed by atoms with E-state index in [0.29, 0.717) is 6.04 Å². The molecule has 2 nitrogen and oxygen atoms in total. The molecular weight excluding hydrogens is 246 g/mol. The highest BCUT2D eigenvalue weighted by molar-refractivity contribution is 6.07. The summed E-state index contributed by atoms with van der Waals surface area (Å²) in [6, 6.07) is 14.3. The summed E-state index contributed by atoms with van der Waals surface area (Å²) in [5.74, 6) is 0.794. The average Bonchev–Trinajstić information content (AvgIpc) is 2.46. The number of hydrogen-bond donors (Lipinski definition) is 1. The van der Waals surface area contributed by atoms with Gasteiger partial charge < -0.3 is 5.32 Å². The van der Waals surface area contributed by atoms with Crippen LogP contribution in [0.15, 0.2) is 42.5 Å². The zero-order chi connectivity index (χ0) is 13.9. The number of rotatable bonds is 2. The molecule has 2 aromatic rings. The van der Waals surface area contributed by atoms with Gasteiger partial charge in [0.1, 0.15) is 0 Å².